The Labute approximate surface area is 149 Å². The summed E-state index contributed by atoms with van der Waals surface area (Å²) in [6.07, 6.45) is 7.22. The molecule has 0 aliphatic heterocycles. The van der Waals surface area contributed by atoms with Crippen molar-refractivity contribution in [2.75, 3.05) is 0 Å². The molecule has 0 aromatic rings. The molecule has 1 fully saturated rings. The maximum Gasteiger partial charge on any atom is 0.234 e. The highest BCUT2D eigenvalue weighted by atomic mass is 17.3. The van der Waals surface area contributed by atoms with Gasteiger partial charge in [0, 0.05) is 12.8 Å². The van der Waals surface area contributed by atoms with Gasteiger partial charge in [-0.05, 0) is 57.8 Å². The summed E-state index contributed by atoms with van der Waals surface area (Å²) < 4.78 is 0. The molecule has 4 heteroatoms. The van der Waals surface area contributed by atoms with Gasteiger partial charge >= 0.3 is 0 Å². The van der Waals surface area contributed by atoms with Gasteiger partial charge in [-0.15, -0.1) is 0 Å². The lowest BCUT2D eigenvalue weighted by atomic mass is 9.75. The molecule has 0 aromatic heterocycles. The molecule has 0 radical (unpaired) electrons. The van der Waals surface area contributed by atoms with Crippen LogP contribution in [0.25, 0.3) is 0 Å². The first-order valence-electron chi connectivity index (χ1n) is 9.81. The van der Waals surface area contributed by atoms with Gasteiger partial charge in [0.25, 0.3) is 0 Å². The predicted molar refractivity (Wildman–Crippen MR) is 97.3 cm³/mol. The van der Waals surface area contributed by atoms with Crippen molar-refractivity contribution in [1.82, 2.24) is 0 Å². The quantitative estimate of drug-likeness (QED) is 0.263. The van der Waals surface area contributed by atoms with Crippen LogP contribution in [0.2, 0.25) is 0 Å². The van der Waals surface area contributed by atoms with E-state index in [9.17, 15) is 0 Å². The summed E-state index contributed by atoms with van der Waals surface area (Å²) in [4.78, 5) is 23.6. The van der Waals surface area contributed by atoms with Crippen LogP contribution in [0.15, 0.2) is 0 Å². The van der Waals surface area contributed by atoms with Crippen molar-refractivity contribution >= 4 is 0 Å². The Morgan fingerprint density at radius 1 is 0.667 bits per heavy atom. The van der Waals surface area contributed by atoms with Crippen LogP contribution >= 0.6 is 0 Å². The van der Waals surface area contributed by atoms with Crippen molar-refractivity contribution in [3.05, 3.63) is 0 Å². The monoisotopic (exact) mass is 344 g/mol. The van der Waals surface area contributed by atoms with E-state index >= 15 is 0 Å². The highest BCUT2D eigenvalue weighted by Crippen LogP contribution is 2.44. The second kappa shape index (κ2) is 8.48. The van der Waals surface area contributed by atoms with E-state index in [0.717, 1.165) is 51.4 Å². The lowest BCUT2D eigenvalue weighted by molar-refractivity contribution is -0.551. The van der Waals surface area contributed by atoms with Crippen molar-refractivity contribution in [1.29, 1.82) is 0 Å². The van der Waals surface area contributed by atoms with Gasteiger partial charge in [-0.25, -0.2) is 9.78 Å². The van der Waals surface area contributed by atoms with E-state index in [1.54, 1.807) is 0 Å². The third-order valence-electron chi connectivity index (χ3n) is 6.15. The van der Waals surface area contributed by atoms with Crippen molar-refractivity contribution in [3.8, 4) is 0 Å². The molecule has 0 unspecified atom stereocenters. The summed E-state index contributed by atoms with van der Waals surface area (Å²) in [6, 6.07) is 0. The molecule has 0 amide bonds. The molecular weight excluding hydrogens is 304 g/mol. The van der Waals surface area contributed by atoms with Crippen LogP contribution in [0.5, 0.6) is 0 Å². The van der Waals surface area contributed by atoms with E-state index in [-0.39, 0.29) is 11.2 Å². The van der Waals surface area contributed by atoms with E-state index in [1.165, 1.54) is 0 Å². The van der Waals surface area contributed by atoms with Crippen LogP contribution < -0.4 is 0 Å². The van der Waals surface area contributed by atoms with Crippen molar-refractivity contribution in [2.45, 2.75) is 124 Å². The van der Waals surface area contributed by atoms with E-state index in [1.807, 2.05) is 0 Å². The van der Waals surface area contributed by atoms with E-state index in [4.69, 9.17) is 19.6 Å². The predicted octanol–water partition coefficient (Wildman–Crippen LogP) is 6.34. The molecule has 0 aromatic carbocycles. The van der Waals surface area contributed by atoms with Crippen molar-refractivity contribution in [3.63, 3.8) is 0 Å². The maximum atomic E-state index is 5.95. The van der Waals surface area contributed by atoms with Crippen molar-refractivity contribution in [2.24, 2.45) is 5.41 Å². The summed E-state index contributed by atoms with van der Waals surface area (Å²) >= 11 is 0. The van der Waals surface area contributed by atoms with Gasteiger partial charge in [0.15, 0.2) is 0 Å². The Hall–Kier alpha value is -0.160. The third kappa shape index (κ3) is 5.98. The largest absolute Gasteiger partial charge is 0.234 e. The van der Waals surface area contributed by atoms with Crippen LogP contribution in [0.1, 0.15) is 107 Å². The van der Waals surface area contributed by atoms with Crippen LogP contribution in [0.4, 0.5) is 0 Å². The smallest absolute Gasteiger partial charge is 0.227 e. The highest BCUT2D eigenvalue weighted by Gasteiger charge is 2.45. The Bertz CT molecular complexity index is 336. The first-order valence-corrected chi connectivity index (χ1v) is 9.81. The minimum atomic E-state index is -0.799. The number of hydrogen-bond acceptors (Lipinski definition) is 4. The average molecular weight is 345 g/mol. The molecule has 144 valence electrons. The number of rotatable bonds is 10. The minimum Gasteiger partial charge on any atom is -0.227 e. The van der Waals surface area contributed by atoms with Gasteiger partial charge in [-0.3, -0.25) is 0 Å². The fraction of sp³-hybridized carbons (Fsp3) is 1.00. The molecule has 1 aliphatic rings. The molecule has 0 atom stereocenters. The van der Waals surface area contributed by atoms with Gasteiger partial charge in [-0.2, -0.15) is 9.78 Å². The molecule has 0 N–H and O–H groups in total. The van der Waals surface area contributed by atoms with Crippen LogP contribution in [0.3, 0.4) is 0 Å². The van der Waals surface area contributed by atoms with E-state index in [0.29, 0.717) is 5.41 Å². The molecule has 4 nitrogen and oxygen atoms in total. The zero-order valence-corrected chi connectivity index (χ0v) is 17.3. The zero-order valence-electron chi connectivity index (χ0n) is 17.3. The molecule has 0 spiro atoms. The average Bonchev–Trinajstić information content (AvgIpc) is 2.59. The standard InChI is InChI=1S/C20H40O4/c1-9-18(7,10-2)21-23-20(15-13-17(5,6)14-16-20)24-22-19(8,11-3)12-4/h9-16H2,1-8H3. The Kier molecular flexibility index (Phi) is 7.73. The molecule has 0 saturated heterocycles. The summed E-state index contributed by atoms with van der Waals surface area (Å²) in [5.74, 6) is -0.799. The lowest BCUT2D eigenvalue weighted by Crippen LogP contribution is -2.46. The van der Waals surface area contributed by atoms with E-state index in [2.05, 4.69) is 55.4 Å². The minimum absolute atomic E-state index is 0.290. The third-order valence-corrected chi connectivity index (χ3v) is 6.15. The molecule has 0 bridgehead atoms. The summed E-state index contributed by atoms with van der Waals surface area (Å²) in [5, 5.41) is 0. The molecule has 0 heterocycles. The second-order valence-corrected chi connectivity index (χ2v) is 8.72. The summed E-state index contributed by atoms with van der Waals surface area (Å²) in [7, 11) is 0. The van der Waals surface area contributed by atoms with Gasteiger partial charge in [-0.1, -0.05) is 41.5 Å². The first-order chi connectivity index (χ1) is 11.1. The maximum absolute atomic E-state index is 5.95. The fourth-order valence-electron chi connectivity index (χ4n) is 2.58. The number of hydrogen-bond donors (Lipinski definition) is 0. The Morgan fingerprint density at radius 3 is 1.29 bits per heavy atom. The van der Waals surface area contributed by atoms with Crippen LogP contribution in [0, 0.1) is 5.41 Å². The lowest BCUT2D eigenvalue weighted by Gasteiger charge is -2.43. The van der Waals surface area contributed by atoms with Crippen molar-refractivity contribution < 1.29 is 19.6 Å². The highest BCUT2D eigenvalue weighted by molar-refractivity contribution is 4.84. The van der Waals surface area contributed by atoms with Crippen LogP contribution in [-0.4, -0.2) is 17.0 Å². The molecule has 24 heavy (non-hydrogen) atoms. The second-order valence-electron chi connectivity index (χ2n) is 8.72. The molecule has 1 rings (SSSR count). The molecular formula is C20H40O4. The van der Waals surface area contributed by atoms with Gasteiger partial charge in [0.1, 0.15) is 11.2 Å². The van der Waals surface area contributed by atoms with Gasteiger partial charge in [0.2, 0.25) is 5.79 Å². The Balaban J connectivity index is 2.81. The first kappa shape index (κ1) is 21.9. The van der Waals surface area contributed by atoms with Crippen LogP contribution in [-0.2, 0) is 19.6 Å². The van der Waals surface area contributed by atoms with Gasteiger partial charge in [0.05, 0.1) is 0 Å². The summed E-state index contributed by atoms with van der Waals surface area (Å²) in [6.45, 7) is 17.2. The topological polar surface area (TPSA) is 36.9 Å². The molecule has 1 aliphatic carbocycles. The SMILES string of the molecule is CCC(C)(CC)OOC1(OOC(C)(CC)CC)CCC(C)(C)CC1. The summed E-state index contributed by atoms with van der Waals surface area (Å²) in [5.41, 5.74) is -0.266. The van der Waals surface area contributed by atoms with Gasteiger partial charge < -0.3 is 0 Å². The zero-order chi connectivity index (χ0) is 18.5. The normalized spacial score (nSPS) is 21.0. The van der Waals surface area contributed by atoms with E-state index < -0.39 is 5.79 Å². The molecule has 1 saturated carbocycles. The fourth-order valence-corrected chi connectivity index (χ4v) is 2.58. The Morgan fingerprint density at radius 2 is 1.00 bits per heavy atom.